The highest BCUT2D eigenvalue weighted by atomic mass is 32.1. The van der Waals surface area contributed by atoms with Crippen molar-refractivity contribution in [3.63, 3.8) is 0 Å². The van der Waals surface area contributed by atoms with Crippen molar-refractivity contribution in [3.8, 4) is 0 Å². The summed E-state index contributed by atoms with van der Waals surface area (Å²) in [7, 11) is 0. The van der Waals surface area contributed by atoms with Gasteiger partial charge < -0.3 is 10.0 Å². The number of benzene rings is 1. The number of aliphatic hydroxyl groups excluding tert-OH is 1. The summed E-state index contributed by atoms with van der Waals surface area (Å²) in [4.78, 5) is 12.3. The fourth-order valence-corrected chi connectivity index (χ4v) is 4.06. The van der Waals surface area contributed by atoms with Gasteiger partial charge in [-0.2, -0.15) is 0 Å². The molecule has 3 heterocycles. The molecule has 1 aliphatic rings. The molecule has 1 atom stereocenters. The molecule has 1 aliphatic heterocycles. The average molecular weight is 325 g/mol. The maximum absolute atomic E-state index is 9.12. The normalized spacial score (nSPS) is 18.0. The molecule has 0 unspecified atom stereocenters. The zero-order valence-corrected chi connectivity index (χ0v) is 13.7. The van der Waals surface area contributed by atoms with Gasteiger partial charge in [0.1, 0.15) is 17.0 Å². The molecule has 0 aliphatic carbocycles. The van der Waals surface area contributed by atoms with Gasteiger partial charge in [-0.3, -0.25) is 0 Å². The van der Waals surface area contributed by atoms with E-state index in [0.29, 0.717) is 5.92 Å². The van der Waals surface area contributed by atoms with Crippen molar-refractivity contribution in [1.82, 2.24) is 9.97 Å². The van der Waals surface area contributed by atoms with E-state index in [9.17, 15) is 0 Å². The van der Waals surface area contributed by atoms with Crippen molar-refractivity contribution in [2.24, 2.45) is 5.92 Å². The minimum absolute atomic E-state index is 0.113. The molecule has 4 nitrogen and oxygen atoms in total. The lowest BCUT2D eigenvalue weighted by molar-refractivity contribution is 0.282. The van der Waals surface area contributed by atoms with E-state index in [1.807, 2.05) is 12.1 Å². The summed E-state index contributed by atoms with van der Waals surface area (Å²) >= 11 is 1.67. The number of nitrogens with zero attached hydrogens (tertiary/aromatic N) is 3. The van der Waals surface area contributed by atoms with E-state index in [4.69, 9.17) is 5.11 Å². The van der Waals surface area contributed by atoms with Crippen molar-refractivity contribution >= 4 is 27.4 Å². The Kier molecular flexibility index (Phi) is 3.97. The summed E-state index contributed by atoms with van der Waals surface area (Å²) in [6.45, 7) is 2.22. The zero-order chi connectivity index (χ0) is 15.6. The third kappa shape index (κ3) is 2.94. The minimum Gasteiger partial charge on any atom is -0.392 e. The summed E-state index contributed by atoms with van der Waals surface area (Å²) in [5.74, 6) is 1.73. The molecule has 0 saturated carbocycles. The summed E-state index contributed by atoms with van der Waals surface area (Å²) in [6, 6.07) is 10.4. The Hall–Kier alpha value is -1.98. The van der Waals surface area contributed by atoms with Gasteiger partial charge in [0, 0.05) is 13.1 Å². The first-order chi connectivity index (χ1) is 11.3. The van der Waals surface area contributed by atoms with E-state index in [2.05, 4.69) is 38.4 Å². The predicted octanol–water partition coefficient (Wildman–Crippen LogP) is 3.25. The third-order valence-corrected chi connectivity index (χ3v) is 5.38. The summed E-state index contributed by atoms with van der Waals surface area (Å²) < 4.78 is 0. The first kappa shape index (κ1) is 14.6. The molecule has 1 fully saturated rings. The van der Waals surface area contributed by atoms with Crippen LogP contribution in [0.3, 0.4) is 0 Å². The van der Waals surface area contributed by atoms with Gasteiger partial charge >= 0.3 is 0 Å². The Morgan fingerprint density at radius 3 is 2.78 bits per heavy atom. The van der Waals surface area contributed by atoms with Crippen molar-refractivity contribution < 1.29 is 5.11 Å². The number of aromatic nitrogens is 2. The van der Waals surface area contributed by atoms with Gasteiger partial charge in [-0.05, 0) is 41.3 Å². The fraction of sp³-hybridized carbons (Fsp3) is 0.333. The first-order valence-corrected chi connectivity index (χ1v) is 8.83. The van der Waals surface area contributed by atoms with Crippen LogP contribution in [-0.2, 0) is 13.0 Å². The van der Waals surface area contributed by atoms with Crippen LogP contribution in [0.4, 0.5) is 5.82 Å². The zero-order valence-electron chi connectivity index (χ0n) is 12.9. The van der Waals surface area contributed by atoms with Crippen LogP contribution in [-0.4, -0.2) is 28.2 Å². The van der Waals surface area contributed by atoms with Crippen molar-refractivity contribution in [1.29, 1.82) is 0 Å². The molecule has 1 saturated heterocycles. The van der Waals surface area contributed by atoms with Crippen LogP contribution in [0, 0.1) is 5.92 Å². The van der Waals surface area contributed by atoms with Crippen molar-refractivity contribution in [2.75, 3.05) is 18.0 Å². The number of aliphatic hydroxyl groups is 1. The second kappa shape index (κ2) is 6.26. The van der Waals surface area contributed by atoms with Crippen LogP contribution >= 0.6 is 11.3 Å². The van der Waals surface area contributed by atoms with Crippen LogP contribution in [0.15, 0.2) is 42.0 Å². The number of rotatable bonds is 4. The maximum atomic E-state index is 9.12. The Bertz CT molecular complexity index is 799. The van der Waals surface area contributed by atoms with E-state index in [-0.39, 0.29) is 6.61 Å². The van der Waals surface area contributed by atoms with E-state index in [1.165, 1.54) is 17.4 Å². The van der Waals surface area contributed by atoms with Gasteiger partial charge in [0.2, 0.25) is 0 Å². The van der Waals surface area contributed by atoms with Gasteiger partial charge in [-0.25, -0.2) is 9.97 Å². The largest absolute Gasteiger partial charge is 0.392 e. The number of hydrogen-bond donors (Lipinski definition) is 1. The predicted molar refractivity (Wildman–Crippen MR) is 93.8 cm³/mol. The molecule has 0 bridgehead atoms. The van der Waals surface area contributed by atoms with Gasteiger partial charge in [0.15, 0.2) is 0 Å². The topological polar surface area (TPSA) is 49.2 Å². The quantitative estimate of drug-likeness (QED) is 0.800. The van der Waals surface area contributed by atoms with Crippen molar-refractivity contribution in [2.45, 2.75) is 19.4 Å². The van der Waals surface area contributed by atoms with E-state index in [1.54, 1.807) is 17.7 Å². The van der Waals surface area contributed by atoms with Gasteiger partial charge in [0.25, 0.3) is 0 Å². The highest BCUT2D eigenvalue weighted by molar-refractivity contribution is 7.16. The first-order valence-electron chi connectivity index (χ1n) is 7.95. The Morgan fingerprint density at radius 1 is 1.13 bits per heavy atom. The van der Waals surface area contributed by atoms with Crippen LogP contribution in [0.1, 0.15) is 17.5 Å². The molecule has 1 N–H and O–H groups in total. The lowest BCUT2D eigenvalue weighted by atomic mass is 9.98. The van der Waals surface area contributed by atoms with Gasteiger partial charge in [0.05, 0.1) is 12.0 Å². The van der Waals surface area contributed by atoms with Crippen LogP contribution < -0.4 is 4.90 Å². The number of anilines is 1. The third-order valence-electron chi connectivity index (χ3n) is 4.56. The molecular weight excluding hydrogens is 306 g/mol. The van der Waals surface area contributed by atoms with Crippen LogP contribution in [0.25, 0.3) is 10.2 Å². The average Bonchev–Trinajstić information content (AvgIpc) is 3.24. The van der Waals surface area contributed by atoms with Gasteiger partial charge in [-0.15, -0.1) is 11.3 Å². The Morgan fingerprint density at radius 2 is 1.96 bits per heavy atom. The fourth-order valence-electron chi connectivity index (χ4n) is 3.33. The van der Waals surface area contributed by atoms with Crippen LogP contribution in [0.2, 0.25) is 0 Å². The highest BCUT2D eigenvalue weighted by Gasteiger charge is 2.25. The van der Waals surface area contributed by atoms with E-state index < -0.39 is 0 Å². The molecule has 23 heavy (non-hydrogen) atoms. The van der Waals surface area contributed by atoms with Gasteiger partial charge in [-0.1, -0.05) is 24.3 Å². The van der Waals surface area contributed by atoms with Crippen molar-refractivity contribution in [3.05, 3.63) is 53.2 Å². The summed E-state index contributed by atoms with van der Waals surface area (Å²) in [6.07, 6.45) is 3.95. The van der Waals surface area contributed by atoms with E-state index >= 15 is 0 Å². The highest BCUT2D eigenvalue weighted by Crippen LogP contribution is 2.31. The van der Waals surface area contributed by atoms with E-state index in [0.717, 1.165) is 35.7 Å². The lowest BCUT2D eigenvalue weighted by Crippen LogP contribution is -2.21. The molecule has 0 spiro atoms. The standard InChI is InChI=1S/C18H19N3OS/c22-11-14-3-1-13(2-4-14)9-15-5-7-21(10-15)17-16-6-8-23-18(16)20-12-19-17/h1-4,6,8,12,15,22H,5,7,9-11H2/t15-/m1/s1. The summed E-state index contributed by atoms with van der Waals surface area (Å²) in [5.41, 5.74) is 2.32. The smallest absolute Gasteiger partial charge is 0.140 e. The second-order valence-corrected chi connectivity index (χ2v) is 7.01. The second-order valence-electron chi connectivity index (χ2n) is 6.12. The SMILES string of the molecule is OCc1ccc(C[C@H]2CCN(c3ncnc4sccc34)C2)cc1. The molecule has 1 aromatic carbocycles. The maximum Gasteiger partial charge on any atom is 0.140 e. The molecule has 3 aromatic rings. The molecule has 5 heteroatoms. The monoisotopic (exact) mass is 325 g/mol. The Balaban J connectivity index is 1.47. The number of fused-ring (bicyclic) bond motifs is 1. The Labute approximate surface area is 139 Å². The molecule has 4 rings (SSSR count). The molecule has 0 radical (unpaired) electrons. The van der Waals surface area contributed by atoms with Crippen LogP contribution in [0.5, 0.6) is 0 Å². The number of thiophene rings is 1. The lowest BCUT2D eigenvalue weighted by Gasteiger charge is -2.18. The molecule has 118 valence electrons. The number of hydrogen-bond acceptors (Lipinski definition) is 5. The minimum atomic E-state index is 0.113. The molecular formula is C18H19N3OS. The molecule has 2 aromatic heterocycles. The summed E-state index contributed by atoms with van der Waals surface area (Å²) in [5, 5.41) is 12.4. The molecule has 0 amide bonds.